The lowest BCUT2D eigenvalue weighted by atomic mass is 9.81. The SMILES string of the molecule is CC1(C)c2ccccc2-c2cc(N(c3cccc(-c4cccc5ccccc45)c3)c3cc4c5c(c3)c3cccc6c3n5-c3c(cccc3O4)O6)ccc21.CC1(C)c2ccccc2-c2cc(N(c3ccccc3)c3ccc4c5cccc6c5n5c4c3Oc3cccc(c3-5)O6)ccc21.CC1(C)c2ccccc2-c2cccc(N(c3ccc4c5cccc6c5n5c4c3Oc3cccc(c3-5)O6)c3cccc4ccccc34)c21. The second-order valence-corrected chi connectivity index (χ2v) is 40.4. The monoisotopic (exact) mass is 1840 g/mol. The van der Waals surface area contributed by atoms with Crippen LogP contribution in [-0.2, 0) is 16.2 Å². The Morgan fingerprint density at radius 1 is 0.189 bits per heavy atom. The van der Waals surface area contributed by atoms with E-state index < -0.39 is 0 Å². The van der Waals surface area contributed by atoms with Crippen molar-refractivity contribution in [1.82, 2.24) is 13.7 Å². The van der Waals surface area contributed by atoms with E-state index in [0.29, 0.717) is 0 Å². The highest BCUT2D eigenvalue weighted by molar-refractivity contribution is 6.21. The van der Waals surface area contributed by atoms with Gasteiger partial charge in [-0.1, -0.05) is 302 Å². The average molecular weight is 1840 g/mol. The zero-order chi connectivity index (χ0) is 94.5. The number of para-hydroxylation sites is 7. The van der Waals surface area contributed by atoms with Gasteiger partial charge in [-0.05, 0) is 240 Å². The summed E-state index contributed by atoms with van der Waals surface area (Å²) in [5.74, 6) is 9.91. The second-order valence-electron chi connectivity index (χ2n) is 40.4. The van der Waals surface area contributed by atoms with E-state index in [1.54, 1.807) is 0 Å². The number of anilines is 9. The van der Waals surface area contributed by atoms with Crippen molar-refractivity contribution in [3.63, 3.8) is 0 Å². The molecule has 0 fully saturated rings. The third-order valence-electron chi connectivity index (χ3n) is 31.8. The number of aromatic nitrogens is 3. The highest BCUT2D eigenvalue weighted by Gasteiger charge is 2.45. The quantitative estimate of drug-likeness (QED) is 0.133. The maximum atomic E-state index is 7.05. The maximum absolute atomic E-state index is 7.05. The largest absolute Gasteiger partial charge is 0.453 e. The van der Waals surface area contributed by atoms with E-state index in [9.17, 15) is 0 Å². The fraction of sp³-hybridized carbons (Fsp3) is 0.0687. The van der Waals surface area contributed by atoms with E-state index in [0.717, 1.165) is 203 Å². The van der Waals surface area contributed by atoms with Crippen molar-refractivity contribution in [1.29, 1.82) is 0 Å². The molecule has 9 aliphatic rings. The maximum Gasteiger partial charge on any atom is 0.176 e. The number of rotatable bonds is 10. The van der Waals surface area contributed by atoms with Crippen LogP contribution in [0.5, 0.6) is 69.0 Å². The Morgan fingerprint density at radius 2 is 0.552 bits per heavy atom. The zero-order valence-electron chi connectivity index (χ0n) is 78.9. The molecule has 12 nitrogen and oxygen atoms in total. The minimum atomic E-state index is -0.211. The van der Waals surface area contributed by atoms with E-state index in [4.69, 9.17) is 28.4 Å². The lowest BCUT2D eigenvalue weighted by Gasteiger charge is -2.35. The summed E-state index contributed by atoms with van der Waals surface area (Å²) in [6.45, 7) is 14.0. The van der Waals surface area contributed by atoms with Gasteiger partial charge in [-0.2, -0.15) is 0 Å². The van der Waals surface area contributed by atoms with Gasteiger partial charge in [-0.15, -0.1) is 0 Å². The first-order valence-corrected chi connectivity index (χ1v) is 49.2. The Balaban J connectivity index is 0.0000000987. The minimum absolute atomic E-state index is 0.0497. The number of ether oxygens (including phenoxy) is 6. The van der Waals surface area contributed by atoms with Crippen LogP contribution in [0.1, 0.15) is 74.9 Å². The highest BCUT2D eigenvalue weighted by atomic mass is 16.5. The first-order valence-electron chi connectivity index (χ1n) is 49.2. The number of benzene rings is 21. The molecule has 0 unspecified atom stereocenters. The summed E-state index contributed by atoms with van der Waals surface area (Å²) < 4.78 is 47.1. The summed E-state index contributed by atoms with van der Waals surface area (Å²) in [6.07, 6.45) is 0. The first-order chi connectivity index (χ1) is 70.2. The van der Waals surface area contributed by atoms with Crippen LogP contribution in [0.4, 0.5) is 51.2 Å². The minimum Gasteiger partial charge on any atom is -0.453 e. The number of hydrogen-bond donors (Lipinski definition) is 0. The molecule has 0 bridgehead atoms. The molecule has 0 atom stereocenters. The van der Waals surface area contributed by atoms with Gasteiger partial charge in [0, 0.05) is 82.8 Å². The van der Waals surface area contributed by atoms with Crippen molar-refractivity contribution in [2.75, 3.05) is 14.7 Å². The molecule has 0 radical (unpaired) electrons. The number of nitrogens with zero attached hydrogens (tertiary/aromatic N) is 6. The molecule has 0 spiro atoms. The summed E-state index contributed by atoms with van der Waals surface area (Å²) in [5, 5.41) is 11.7. The Labute approximate surface area is 823 Å². The average Bonchev–Trinajstić information content (AvgIpc) is 1.53. The molecule has 12 heteroatoms. The van der Waals surface area contributed by atoms with Gasteiger partial charge < -0.3 is 43.1 Å². The van der Waals surface area contributed by atoms with Crippen molar-refractivity contribution < 1.29 is 28.4 Å². The Hall–Kier alpha value is -18.3. The smallest absolute Gasteiger partial charge is 0.176 e. The molecular weight excluding hydrogens is 1750 g/mol. The molecule has 0 saturated carbocycles. The summed E-state index contributed by atoms with van der Waals surface area (Å²) in [4.78, 5) is 7.18. The summed E-state index contributed by atoms with van der Waals surface area (Å²) in [6, 6.07) is 148. The predicted molar refractivity (Wildman–Crippen MR) is 580 cm³/mol. The van der Waals surface area contributed by atoms with E-state index in [2.05, 4.69) is 434 Å². The van der Waals surface area contributed by atoms with E-state index in [1.165, 1.54) is 99.4 Å². The van der Waals surface area contributed by atoms with Gasteiger partial charge in [0.25, 0.3) is 0 Å². The first kappa shape index (κ1) is 79.8. The van der Waals surface area contributed by atoms with Crippen LogP contribution in [0.25, 0.3) is 149 Å². The van der Waals surface area contributed by atoms with Gasteiger partial charge >= 0.3 is 0 Å². The highest BCUT2D eigenvalue weighted by Crippen LogP contribution is 2.65. The molecule has 0 N–H and O–H groups in total. The fourth-order valence-electron chi connectivity index (χ4n) is 25.5. The molecule has 0 saturated heterocycles. The van der Waals surface area contributed by atoms with Crippen molar-refractivity contribution in [2.45, 2.75) is 57.8 Å². The van der Waals surface area contributed by atoms with Crippen molar-refractivity contribution >= 4 is 138 Å². The molecule has 3 aliphatic carbocycles. The van der Waals surface area contributed by atoms with E-state index in [-0.39, 0.29) is 16.2 Å². The van der Waals surface area contributed by atoms with E-state index >= 15 is 0 Å². The third kappa shape index (κ3) is 11.0. The molecule has 676 valence electrons. The van der Waals surface area contributed by atoms with Crippen LogP contribution in [0.15, 0.2) is 413 Å². The van der Waals surface area contributed by atoms with Crippen LogP contribution in [-0.4, -0.2) is 13.7 Å². The van der Waals surface area contributed by atoms with Gasteiger partial charge in [0.15, 0.2) is 69.0 Å². The van der Waals surface area contributed by atoms with Gasteiger partial charge in [-0.25, -0.2) is 0 Å². The van der Waals surface area contributed by atoms with Crippen LogP contribution >= 0.6 is 0 Å². The Morgan fingerprint density at radius 3 is 1.13 bits per heavy atom. The van der Waals surface area contributed by atoms with Crippen LogP contribution in [0, 0.1) is 0 Å². The van der Waals surface area contributed by atoms with Gasteiger partial charge in [-0.3, -0.25) is 13.7 Å². The summed E-state index contributed by atoms with van der Waals surface area (Å²) >= 11 is 0. The van der Waals surface area contributed by atoms with Gasteiger partial charge in [0.1, 0.15) is 17.1 Å². The fourth-order valence-corrected chi connectivity index (χ4v) is 25.5. The van der Waals surface area contributed by atoms with Crippen LogP contribution in [0.3, 0.4) is 0 Å². The normalized spacial score (nSPS) is 14.2. The molecule has 0 amide bonds. The van der Waals surface area contributed by atoms with Crippen LogP contribution < -0.4 is 43.1 Å². The zero-order valence-corrected chi connectivity index (χ0v) is 78.9. The van der Waals surface area contributed by atoms with Gasteiger partial charge in [0.05, 0.1) is 61.5 Å². The molecular formula is C131H86N6O6. The molecule has 6 aliphatic heterocycles. The standard InChI is InChI=1S/C49H32N2O2.C43H28N2O2.C39H26N2O2/c1-49(2)40-19-6-5-16-36(40)38-26-32(23-24-41(38)49)50(31-14-7-13-30(25-31)35-17-8-12-29-11-3-4-15-34(29)35)33-27-39-37-18-9-20-42-46(37)51-47(39)45(28-33)53-44-22-10-21-43(52-42)48(44)51;1-43(2)31-17-6-5-14-27(31)28-15-8-19-33(38(28)43)44(32-18-7-12-25-11-3-4-13-26(25)32)34-24-23-30-29-16-9-20-35-39(29)45-40(30)42(34)47-37-22-10-21-36(46-35)41(37)45;1-39(2)29-14-7-6-12-25(29)28-22-24(18-20-30(28)39)40(23-10-4-3-5-11-23)31-21-19-27-26-13-8-15-32-35(26)41-36(27)38(31)43-34-17-9-16-33(42-32)37(34)41/h3-28H,1-2H3;3-24H,1-2H3;3-22H,1-2H3. The predicted octanol–water partition coefficient (Wildman–Crippen LogP) is 36.3. The molecule has 33 rings (SSSR count). The lowest BCUT2D eigenvalue weighted by molar-refractivity contribution is 0.444. The number of hydrogen-bond acceptors (Lipinski definition) is 9. The summed E-state index contributed by atoms with van der Waals surface area (Å²) in [7, 11) is 0. The molecule has 21 aromatic carbocycles. The number of fused-ring (bicyclic) bond motifs is 14. The molecule has 3 aromatic heterocycles. The lowest BCUT2D eigenvalue weighted by Crippen LogP contribution is -2.21. The van der Waals surface area contributed by atoms with Crippen molar-refractivity contribution in [2.24, 2.45) is 0 Å². The molecule has 9 heterocycles. The topological polar surface area (TPSA) is 79.9 Å². The van der Waals surface area contributed by atoms with E-state index in [1.807, 2.05) is 48.5 Å². The Kier molecular flexibility index (Phi) is 16.2. The Bertz CT molecular complexity index is 9830. The third-order valence-corrected chi connectivity index (χ3v) is 31.8. The second kappa shape index (κ2) is 29.0. The molecule has 143 heavy (non-hydrogen) atoms. The van der Waals surface area contributed by atoms with Crippen LogP contribution in [0.2, 0.25) is 0 Å². The van der Waals surface area contributed by atoms with Crippen molar-refractivity contribution in [3.8, 4) is 131 Å². The molecule has 24 aromatic rings. The summed E-state index contributed by atoms with van der Waals surface area (Å²) in [5.41, 5.74) is 36.8. The van der Waals surface area contributed by atoms with Crippen molar-refractivity contribution in [3.05, 3.63) is 446 Å². The van der Waals surface area contributed by atoms with Gasteiger partial charge in [0.2, 0.25) is 0 Å².